The Kier molecular flexibility index (Phi) is 9.03. The van der Waals surface area contributed by atoms with E-state index < -0.39 is 0 Å². The van der Waals surface area contributed by atoms with Crippen molar-refractivity contribution in [2.75, 3.05) is 39.1 Å². The fraction of sp³-hybridized carbons (Fsp3) is 0.400. The van der Waals surface area contributed by atoms with Gasteiger partial charge in [0.05, 0.1) is 5.56 Å². The van der Waals surface area contributed by atoms with Crippen LogP contribution in [0.15, 0.2) is 42.7 Å². The van der Waals surface area contributed by atoms with Crippen molar-refractivity contribution in [3.8, 4) is 11.1 Å². The molecule has 1 aromatic carbocycles. The highest BCUT2D eigenvalue weighted by Crippen LogP contribution is 2.24. The van der Waals surface area contributed by atoms with Crippen LogP contribution >= 0.6 is 24.8 Å². The number of hydrogen-bond acceptors (Lipinski definition) is 4. The Labute approximate surface area is 174 Å². The van der Waals surface area contributed by atoms with E-state index in [4.69, 9.17) is 0 Å². The van der Waals surface area contributed by atoms with Gasteiger partial charge < -0.3 is 15.1 Å². The summed E-state index contributed by atoms with van der Waals surface area (Å²) in [5, 5.41) is 3.18. The molecular formula is C20H28Cl2N4O. The zero-order valence-corrected chi connectivity index (χ0v) is 17.6. The minimum atomic E-state index is 0. The van der Waals surface area contributed by atoms with Gasteiger partial charge in [0.15, 0.2) is 0 Å². The Hall–Kier alpha value is -1.82. The third-order valence-electron chi connectivity index (χ3n) is 4.78. The summed E-state index contributed by atoms with van der Waals surface area (Å²) in [7, 11) is 5.97. The van der Waals surface area contributed by atoms with Gasteiger partial charge in [0.2, 0.25) is 0 Å². The van der Waals surface area contributed by atoms with E-state index in [9.17, 15) is 4.79 Å². The van der Waals surface area contributed by atoms with Crippen molar-refractivity contribution in [1.29, 1.82) is 0 Å². The number of halogens is 2. The summed E-state index contributed by atoms with van der Waals surface area (Å²) in [5.74, 6) is 0.0806. The van der Waals surface area contributed by atoms with Gasteiger partial charge in [-0.25, -0.2) is 0 Å². The molecule has 0 radical (unpaired) electrons. The van der Waals surface area contributed by atoms with Crippen LogP contribution in [0.2, 0.25) is 0 Å². The number of nitrogens with one attached hydrogen (secondary N) is 1. The number of rotatable bonds is 5. The molecule has 1 N–H and O–H groups in total. The molecule has 148 valence electrons. The molecule has 7 heteroatoms. The van der Waals surface area contributed by atoms with Crippen molar-refractivity contribution in [2.45, 2.75) is 18.9 Å². The summed E-state index contributed by atoms with van der Waals surface area (Å²) in [4.78, 5) is 21.3. The number of amides is 1. The van der Waals surface area contributed by atoms with Crippen molar-refractivity contribution in [2.24, 2.45) is 0 Å². The van der Waals surface area contributed by atoms with Crippen LogP contribution in [0.1, 0.15) is 23.2 Å². The first-order valence-corrected chi connectivity index (χ1v) is 8.78. The maximum absolute atomic E-state index is 12.9. The molecule has 2 heterocycles. The number of nitrogens with zero attached hydrogens (tertiary/aromatic N) is 3. The topological polar surface area (TPSA) is 48.5 Å². The predicted octanol–water partition coefficient (Wildman–Crippen LogP) is 3.48. The monoisotopic (exact) mass is 410 g/mol. The number of pyridine rings is 1. The summed E-state index contributed by atoms with van der Waals surface area (Å²) >= 11 is 0. The second-order valence-electron chi connectivity index (χ2n) is 6.76. The first-order chi connectivity index (χ1) is 12.1. The molecule has 1 atom stereocenters. The molecule has 0 saturated carbocycles. The highest BCUT2D eigenvalue weighted by molar-refractivity contribution is 5.95. The highest BCUT2D eigenvalue weighted by Gasteiger charge is 2.29. The quantitative estimate of drug-likeness (QED) is 0.819. The number of carbonyl (C=O) groups is 1. The minimum absolute atomic E-state index is 0. The molecule has 0 spiro atoms. The van der Waals surface area contributed by atoms with Crippen molar-refractivity contribution >= 4 is 36.4 Å². The lowest BCUT2D eigenvalue weighted by Gasteiger charge is -2.24. The van der Waals surface area contributed by atoms with Crippen LogP contribution in [0.5, 0.6) is 0 Å². The van der Waals surface area contributed by atoms with E-state index in [2.05, 4.69) is 39.5 Å². The Morgan fingerprint density at radius 1 is 1.19 bits per heavy atom. The number of benzene rings is 1. The summed E-state index contributed by atoms with van der Waals surface area (Å²) in [6.45, 7) is 1.66. The molecule has 1 unspecified atom stereocenters. The van der Waals surface area contributed by atoms with E-state index >= 15 is 0 Å². The predicted molar refractivity (Wildman–Crippen MR) is 116 cm³/mol. The summed E-state index contributed by atoms with van der Waals surface area (Å²) in [6.07, 6.45) is 5.62. The average molecular weight is 411 g/mol. The van der Waals surface area contributed by atoms with Crippen molar-refractivity contribution in [3.63, 3.8) is 0 Å². The Bertz CT molecular complexity index is 737. The molecule has 0 aliphatic carbocycles. The summed E-state index contributed by atoms with van der Waals surface area (Å²) < 4.78 is 0. The fourth-order valence-electron chi connectivity index (χ4n) is 3.38. The third kappa shape index (κ3) is 5.34. The Balaban J connectivity index is 0.00000182. The summed E-state index contributed by atoms with van der Waals surface area (Å²) in [6, 6.07) is 10.5. The van der Waals surface area contributed by atoms with Crippen LogP contribution in [-0.2, 0) is 0 Å². The normalized spacial score (nSPS) is 15.7. The molecule has 1 aromatic heterocycles. The molecule has 1 aliphatic rings. The van der Waals surface area contributed by atoms with E-state index in [1.807, 2.05) is 38.3 Å². The van der Waals surface area contributed by atoms with Crippen molar-refractivity contribution < 1.29 is 4.79 Å². The lowest BCUT2D eigenvalue weighted by Crippen LogP contribution is -2.40. The van der Waals surface area contributed by atoms with Gasteiger partial charge in [0.25, 0.3) is 5.91 Å². The van der Waals surface area contributed by atoms with Crippen LogP contribution in [0.3, 0.4) is 0 Å². The van der Waals surface area contributed by atoms with Crippen LogP contribution in [-0.4, -0.2) is 56.1 Å². The maximum Gasteiger partial charge on any atom is 0.255 e. The maximum atomic E-state index is 12.9. The molecule has 1 saturated heterocycles. The SMILES string of the molecule is CNCC1CCCN1C(=O)c1cncc(-c2ccc(N(C)C)cc2)c1.Cl.Cl. The van der Waals surface area contributed by atoms with Gasteiger partial charge in [-0.3, -0.25) is 9.78 Å². The number of likely N-dealkylation sites (tertiary alicyclic amines) is 1. The van der Waals surface area contributed by atoms with Crippen LogP contribution in [0.4, 0.5) is 5.69 Å². The Morgan fingerprint density at radius 3 is 2.52 bits per heavy atom. The van der Waals surface area contributed by atoms with Gasteiger partial charge >= 0.3 is 0 Å². The van der Waals surface area contributed by atoms with E-state index in [-0.39, 0.29) is 36.8 Å². The molecule has 1 aliphatic heterocycles. The zero-order chi connectivity index (χ0) is 17.8. The molecular weight excluding hydrogens is 383 g/mol. The molecule has 1 amide bonds. The number of aromatic nitrogens is 1. The molecule has 5 nitrogen and oxygen atoms in total. The lowest BCUT2D eigenvalue weighted by atomic mass is 10.0. The number of likely N-dealkylation sites (N-methyl/N-ethyl adjacent to an activating group) is 1. The molecule has 0 bridgehead atoms. The Morgan fingerprint density at radius 2 is 1.89 bits per heavy atom. The third-order valence-corrected chi connectivity index (χ3v) is 4.78. The minimum Gasteiger partial charge on any atom is -0.378 e. The summed E-state index contributed by atoms with van der Waals surface area (Å²) in [5.41, 5.74) is 3.86. The van der Waals surface area contributed by atoms with Gasteiger partial charge in [-0.2, -0.15) is 0 Å². The second-order valence-corrected chi connectivity index (χ2v) is 6.76. The van der Waals surface area contributed by atoms with E-state index in [0.717, 1.165) is 42.7 Å². The lowest BCUT2D eigenvalue weighted by molar-refractivity contribution is 0.0736. The van der Waals surface area contributed by atoms with Gasteiger partial charge in [-0.1, -0.05) is 12.1 Å². The van der Waals surface area contributed by atoms with E-state index in [0.29, 0.717) is 5.56 Å². The van der Waals surface area contributed by atoms with Crippen molar-refractivity contribution in [1.82, 2.24) is 15.2 Å². The smallest absolute Gasteiger partial charge is 0.255 e. The van der Waals surface area contributed by atoms with Gasteiger partial charge in [-0.05, 0) is 43.7 Å². The van der Waals surface area contributed by atoms with Crippen LogP contribution in [0.25, 0.3) is 11.1 Å². The molecule has 2 aromatic rings. The highest BCUT2D eigenvalue weighted by atomic mass is 35.5. The zero-order valence-electron chi connectivity index (χ0n) is 16.0. The first kappa shape index (κ1) is 23.2. The van der Waals surface area contributed by atoms with Gasteiger partial charge in [0.1, 0.15) is 0 Å². The molecule has 1 fully saturated rings. The van der Waals surface area contributed by atoms with E-state index in [1.54, 1.807) is 6.20 Å². The molecule has 3 rings (SSSR count). The average Bonchev–Trinajstić information content (AvgIpc) is 3.10. The largest absolute Gasteiger partial charge is 0.378 e. The standard InChI is InChI=1S/C20H26N4O.2ClH/c1-21-14-19-5-4-10-24(19)20(25)17-11-16(12-22-13-17)15-6-8-18(9-7-15)23(2)3;;/h6-9,11-13,19,21H,4-5,10,14H2,1-3H3;2*1H. The second kappa shape index (κ2) is 10.5. The van der Waals surface area contributed by atoms with Crippen molar-refractivity contribution in [3.05, 3.63) is 48.3 Å². The first-order valence-electron chi connectivity index (χ1n) is 8.78. The van der Waals surface area contributed by atoms with Gasteiger partial charge in [0, 0.05) is 56.9 Å². The number of carbonyl (C=O) groups excluding carboxylic acids is 1. The number of hydrogen-bond donors (Lipinski definition) is 1. The fourth-order valence-corrected chi connectivity index (χ4v) is 3.38. The molecule has 27 heavy (non-hydrogen) atoms. The van der Waals surface area contributed by atoms with E-state index in [1.165, 1.54) is 0 Å². The van der Waals surface area contributed by atoms with Crippen LogP contribution < -0.4 is 10.2 Å². The van der Waals surface area contributed by atoms with Gasteiger partial charge in [-0.15, -0.1) is 24.8 Å². The number of anilines is 1. The van der Waals surface area contributed by atoms with Crippen LogP contribution in [0, 0.1) is 0 Å².